The lowest BCUT2D eigenvalue weighted by atomic mass is 10.2. The molecule has 2 aromatic carbocycles. The van der Waals surface area contributed by atoms with Crippen LogP contribution in [0.4, 0.5) is 10.5 Å². The number of aromatic hydroxyl groups is 1. The highest BCUT2D eigenvalue weighted by Gasteiger charge is 2.37. The summed E-state index contributed by atoms with van der Waals surface area (Å²) < 4.78 is 5.36. The Kier molecular flexibility index (Phi) is 6.88. The summed E-state index contributed by atoms with van der Waals surface area (Å²) in [7, 11) is 0. The Balaban J connectivity index is 1.38. The summed E-state index contributed by atoms with van der Waals surface area (Å²) in [6.07, 6.45) is 1.57. The molecule has 0 aliphatic carbocycles. The predicted molar refractivity (Wildman–Crippen MR) is 127 cm³/mol. The predicted octanol–water partition coefficient (Wildman–Crippen LogP) is 3.18. The second kappa shape index (κ2) is 9.99. The molecule has 0 atom stereocenters. The number of carbonyl (C=O) groups is 3. The Labute approximate surface area is 196 Å². The number of phenolic OH excluding ortho intramolecular Hbond substituents is 1. The van der Waals surface area contributed by atoms with Crippen molar-refractivity contribution in [1.82, 2.24) is 9.80 Å². The van der Waals surface area contributed by atoms with Crippen molar-refractivity contribution in [3.8, 4) is 11.5 Å². The lowest BCUT2D eigenvalue weighted by molar-refractivity contribution is -0.136. The van der Waals surface area contributed by atoms with E-state index in [0.29, 0.717) is 44.1 Å². The first kappa shape index (κ1) is 22.7. The molecule has 0 saturated carbocycles. The number of nitrogens with zero attached hydrogens (tertiary/aromatic N) is 3. The molecule has 2 aromatic rings. The number of ether oxygens (including phenoxy) is 1. The average molecular weight is 468 g/mol. The highest BCUT2D eigenvalue weighted by molar-refractivity contribution is 8.18. The van der Waals surface area contributed by atoms with Crippen LogP contribution in [0.1, 0.15) is 12.5 Å². The zero-order valence-corrected chi connectivity index (χ0v) is 19.1. The van der Waals surface area contributed by atoms with E-state index >= 15 is 0 Å². The maximum Gasteiger partial charge on any atom is 0.294 e. The molecule has 33 heavy (non-hydrogen) atoms. The van der Waals surface area contributed by atoms with Gasteiger partial charge in [0, 0.05) is 31.9 Å². The Morgan fingerprint density at radius 2 is 1.82 bits per heavy atom. The summed E-state index contributed by atoms with van der Waals surface area (Å²) in [6.45, 7) is 4.38. The normalized spacial score (nSPS) is 17.7. The van der Waals surface area contributed by atoms with Gasteiger partial charge in [0.1, 0.15) is 6.54 Å². The Hall–Kier alpha value is -3.46. The number of piperazine rings is 1. The molecule has 2 saturated heterocycles. The molecule has 2 aliphatic rings. The number of imide groups is 1. The minimum Gasteiger partial charge on any atom is -0.504 e. The van der Waals surface area contributed by atoms with Crippen molar-refractivity contribution in [2.24, 2.45) is 0 Å². The molecule has 3 amide bonds. The van der Waals surface area contributed by atoms with E-state index in [0.717, 1.165) is 22.3 Å². The number of phenols is 1. The van der Waals surface area contributed by atoms with Gasteiger partial charge in [-0.25, -0.2) is 0 Å². The number of para-hydroxylation sites is 1. The van der Waals surface area contributed by atoms with Crippen LogP contribution in [-0.2, 0) is 9.59 Å². The number of carbonyl (C=O) groups excluding carboxylic acids is 3. The van der Waals surface area contributed by atoms with E-state index in [2.05, 4.69) is 4.90 Å². The van der Waals surface area contributed by atoms with Gasteiger partial charge in [-0.15, -0.1) is 0 Å². The summed E-state index contributed by atoms with van der Waals surface area (Å²) in [5.41, 5.74) is 1.73. The maximum absolute atomic E-state index is 12.8. The smallest absolute Gasteiger partial charge is 0.294 e. The van der Waals surface area contributed by atoms with Crippen LogP contribution in [0.25, 0.3) is 6.08 Å². The molecule has 2 aliphatic heterocycles. The summed E-state index contributed by atoms with van der Waals surface area (Å²) in [5, 5.41) is 9.38. The first-order valence-corrected chi connectivity index (χ1v) is 11.6. The summed E-state index contributed by atoms with van der Waals surface area (Å²) >= 11 is 0.803. The number of benzene rings is 2. The minimum absolute atomic E-state index is 0.0000580. The lowest BCUT2D eigenvalue weighted by Gasteiger charge is -2.36. The van der Waals surface area contributed by atoms with Crippen LogP contribution < -0.4 is 9.64 Å². The molecular formula is C24H25N3O5S. The van der Waals surface area contributed by atoms with Gasteiger partial charge in [-0.1, -0.05) is 24.3 Å². The van der Waals surface area contributed by atoms with E-state index in [1.54, 1.807) is 30.0 Å². The quantitative estimate of drug-likeness (QED) is 0.653. The molecule has 2 fully saturated rings. The fourth-order valence-electron chi connectivity index (χ4n) is 3.77. The largest absolute Gasteiger partial charge is 0.504 e. The van der Waals surface area contributed by atoms with Gasteiger partial charge < -0.3 is 19.6 Å². The molecule has 0 aromatic heterocycles. The van der Waals surface area contributed by atoms with Gasteiger partial charge in [0.15, 0.2) is 11.5 Å². The van der Waals surface area contributed by atoms with Gasteiger partial charge in [0.25, 0.3) is 11.1 Å². The van der Waals surface area contributed by atoms with Crippen molar-refractivity contribution in [3.63, 3.8) is 0 Å². The Bertz CT molecular complexity index is 1080. The molecule has 1 N–H and O–H groups in total. The van der Waals surface area contributed by atoms with Crippen molar-refractivity contribution in [2.75, 3.05) is 44.2 Å². The van der Waals surface area contributed by atoms with E-state index in [4.69, 9.17) is 4.74 Å². The molecule has 2 heterocycles. The van der Waals surface area contributed by atoms with Gasteiger partial charge in [-0.3, -0.25) is 19.3 Å². The maximum atomic E-state index is 12.8. The molecule has 0 radical (unpaired) electrons. The minimum atomic E-state index is -0.493. The number of hydrogen-bond donors (Lipinski definition) is 1. The lowest BCUT2D eigenvalue weighted by Crippen LogP contribution is -2.51. The van der Waals surface area contributed by atoms with Crippen LogP contribution in [0.5, 0.6) is 11.5 Å². The molecular weight excluding hydrogens is 442 g/mol. The molecule has 0 unspecified atom stereocenters. The van der Waals surface area contributed by atoms with Crippen LogP contribution in [0.3, 0.4) is 0 Å². The standard InChI is InChI=1S/C24H25N3O5S/c1-2-32-20-14-17(8-9-19(20)28)15-21-23(30)27(24(31)33-21)16-22(29)26-12-10-25(11-13-26)18-6-4-3-5-7-18/h3-9,14-15,28H,2,10-13,16H2,1H3/b21-15-. The fraction of sp³-hybridized carbons (Fsp3) is 0.292. The SMILES string of the molecule is CCOc1cc(/C=C2\SC(=O)N(CC(=O)N3CCN(c4ccccc4)CC3)C2=O)ccc1O. The summed E-state index contributed by atoms with van der Waals surface area (Å²) in [5.74, 6) is -0.433. The van der Waals surface area contributed by atoms with Crippen molar-refractivity contribution in [3.05, 3.63) is 59.0 Å². The molecule has 9 heteroatoms. The third-order valence-electron chi connectivity index (χ3n) is 5.50. The van der Waals surface area contributed by atoms with E-state index in [1.165, 1.54) is 6.07 Å². The van der Waals surface area contributed by atoms with Crippen molar-refractivity contribution >= 4 is 40.6 Å². The third kappa shape index (κ3) is 5.14. The molecule has 8 nitrogen and oxygen atoms in total. The number of hydrogen-bond acceptors (Lipinski definition) is 7. The van der Waals surface area contributed by atoms with Crippen molar-refractivity contribution < 1.29 is 24.2 Å². The number of thioether (sulfide) groups is 1. The van der Waals surface area contributed by atoms with Crippen LogP contribution in [0, 0.1) is 0 Å². The van der Waals surface area contributed by atoms with Crippen LogP contribution >= 0.6 is 11.8 Å². The van der Waals surface area contributed by atoms with Crippen LogP contribution in [0.15, 0.2) is 53.4 Å². The average Bonchev–Trinajstić information content (AvgIpc) is 3.09. The van der Waals surface area contributed by atoms with E-state index in [9.17, 15) is 19.5 Å². The van der Waals surface area contributed by atoms with Gasteiger partial charge >= 0.3 is 0 Å². The first-order valence-electron chi connectivity index (χ1n) is 10.7. The van der Waals surface area contributed by atoms with E-state index < -0.39 is 11.1 Å². The zero-order valence-electron chi connectivity index (χ0n) is 18.3. The number of rotatable bonds is 6. The molecule has 0 bridgehead atoms. The van der Waals surface area contributed by atoms with Crippen LogP contribution in [-0.4, -0.2) is 71.3 Å². The summed E-state index contributed by atoms with van der Waals surface area (Å²) in [6, 6.07) is 14.7. The van der Waals surface area contributed by atoms with Gasteiger partial charge in [-0.05, 0) is 54.6 Å². The van der Waals surface area contributed by atoms with Crippen molar-refractivity contribution in [1.29, 1.82) is 0 Å². The van der Waals surface area contributed by atoms with Gasteiger partial charge in [-0.2, -0.15) is 0 Å². The van der Waals surface area contributed by atoms with E-state index in [1.807, 2.05) is 30.3 Å². The molecule has 172 valence electrons. The zero-order chi connectivity index (χ0) is 23.4. The fourth-order valence-corrected chi connectivity index (χ4v) is 4.61. The highest BCUT2D eigenvalue weighted by Crippen LogP contribution is 2.34. The highest BCUT2D eigenvalue weighted by atomic mass is 32.2. The van der Waals surface area contributed by atoms with Crippen molar-refractivity contribution in [2.45, 2.75) is 6.92 Å². The number of amides is 3. The van der Waals surface area contributed by atoms with Gasteiger partial charge in [0.05, 0.1) is 11.5 Å². The van der Waals surface area contributed by atoms with Gasteiger partial charge in [0.2, 0.25) is 5.91 Å². The second-order valence-corrected chi connectivity index (χ2v) is 8.62. The monoisotopic (exact) mass is 467 g/mol. The number of anilines is 1. The second-order valence-electron chi connectivity index (χ2n) is 7.63. The molecule has 0 spiro atoms. The third-order valence-corrected chi connectivity index (χ3v) is 6.41. The summed E-state index contributed by atoms with van der Waals surface area (Å²) in [4.78, 5) is 43.2. The Morgan fingerprint density at radius 1 is 1.09 bits per heavy atom. The van der Waals surface area contributed by atoms with E-state index in [-0.39, 0.29) is 23.1 Å². The Morgan fingerprint density at radius 3 is 2.52 bits per heavy atom. The molecule has 4 rings (SSSR count). The van der Waals surface area contributed by atoms with Crippen LogP contribution in [0.2, 0.25) is 0 Å². The topological polar surface area (TPSA) is 90.4 Å². The first-order chi connectivity index (χ1) is 16.0.